The molecule has 0 saturated heterocycles. The standard InChI is InChI=1S/C37H43N3O6.ClH/c1-25(2)24-46-37(42)34-27(4)38-26(3)33(35(34)30-17-12-18-31(23-30)40(43)44)36(41)45-22-21-39(5)20-19-32(28-13-8-6-9-14-28)29-15-10-7-11-16-29;/h6-18,23,25,32,35,38H,19-22,24H2,1-5H3;1H. The first-order valence-corrected chi connectivity index (χ1v) is 15.7. The molecule has 0 aliphatic carbocycles. The fourth-order valence-electron chi connectivity index (χ4n) is 5.81. The lowest BCUT2D eigenvalue weighted by Gasteiger charge is -2.30. The third kappa shape index (κ3) is 9.76. The minimum absolute atomic E-state index is 0. The van der Waals surface area contributed by atoms with Gasteiger partial charge >= 0.3 is 11.9 Å². The maximum Gasteiger partial charge on any atom is 0.336 e. The number of nitrogens with one attached hydrogen (secondary N) is 2. The second kappa shape index (κ2) is 17.4. The lowest BCUT2D eigenvalue weighted by molar-refractivity contribution is -0.880. The number of non-ortho nitro benzene ring substituents is 1. The third-order valence-corrected chi connectivity index (χ3v) is 8.19. The second-order valence-electron chi connectivity index (χ2n) is 12.2. The van der Waals surface area contributed by atoms with Gasteiger partial charge in [0.25, 0.3) is 5.69 Å². The highest BCUT2D eigenvalue weighted by Gasteiger charge is 2.38. The molecule has 3 aromatic rings. The van der Waals surface area contributed by atoms with Crippen LogP contribution in [0.4, 0.5) is 5.69 Å². The number of carbonyl (C=O) groups is 2. The number of halogens is 1. The summed E-state index contributed by atoms with van der Waals surface area (Å²) in [6.45, 7) is 9.15. The van der Waals surface area contributed by atoms with Crippen LogP contribution in [0, 0.1) is 16.0 Å². The minimum atomic E-state index is -0.893. The van der Waals surface area contributed by atoms with Crippen molar-refractivity contribution in [2.45, 2.75) is 46.0 Å². The molecular weight excluding hydrogens is 618 g/mol. The van der Waals surface area contributed by atoms with Crippen LogP contribution in [-0.4, -0.2) is 50.2 Å². The van der Waals surface area contributed by atoms with Gasteiger partial charge < -0.3 is 32.1 Å². The fraction of sp³-hybridized carbons (Fsp3) is 0.351. The summed E-state index contributed by atoms with van der Waals surface area (Å²) in [5.41, 5.74) is 4.33. The molecule has 0 fully saturated rings. The first-order chi connectivity index (χ1) is 22.1. The summed E-state index contributed by atoms with van der Waals surface area (Å²) < 4.78 is 11.4. The number of carbonyl (C=O) groups excluding carboxylic acids is 2. The van der Waals surface area contributed by atoms with Crippen molar-refractivity contribution < 1.29 is 41.3 Å². The number of nitrogens with zero attached hydrogens (tertiary/aromatic N) is 1. The monoisotopic (exact) mass is 661 g/mol. The molecular formula is C37H44ClN3O6. The summed E-state index contributed by atoms with van der Waals surface area (Å²) in [4.78, 5) is 39.5. The maximum absolute atomic E-state index is 13.7. The zero-order chi connectivity index (χ0) is 33.2. The number of nitro benzene ring substituents is 1. The van der Waals surface area contributed by atoms with E-state index in [4.69, 9.17) is 9.47 Å². The van der Waals surface area contributed by atoms with Crippen molar-refractivity contribution in [3.63, 3.8) is 0 Å². The van der Waals surface area contributed by atoms with Crippen LogP contribution in [-0.2, 0) is 19.1 Å². The van der Waals surface area contributed by atoms with Gasteiger partial charge in [0.05, 0.1) is 42.2 Å². The number of likely N-dealkylation sites (N-methyl/N-ethyl adjacent to an activating group) is 1. The smallest absolute Gasteiger partial charge is 0.336 e. The Morgan fingerprint density at radius 2 is 1.40 bits per heavy atom. The van der Waals surface area contributed by atoms with E-state index >= 15 is 0 Å². The Kier molecular flexibility index (Phi) is 13.7. The maximum atomic E-state index is 13.7. The van der Waals surface area contributed by atoms with Gasteiger partial charge in [-0.05, 0) is 36.5 Å². The Balaban J connectivity index is 0.00000600. The van der Waals surface area contributed by atoms with Crippen LogP contribution in [0.1, 0.15) is 62.6 Å². The van der Waals surface area contributed by atoms with Crippen LogP contribution < -0.4 is 22.6 Å². The first-order valence-electron chi connectivity index (χ1n) is 15.7. The van der Waals surface area contributed by atoms with E-state index in [1.807, 2.05) is 26.0 Å². The molecule has 2 atom stereocenters. The number of quaternary nitrogens is 1. The Hall–Kier alpha value is -4.47. The molecule has 2 unspecified atom stereocenters. The number of esters is 2. The first kappa shape index (κ1) is 37.0. The van der Waals surface area contributed by atoms with Crippen LogP contribution >= 0.6 is 0 Å². The highest BCUT2D eigenvalue weighted by atomic mass is 35.5. The van der Waals surface area contributed by atoms with E-state index in [0.29, 0.717) is 23.5 Å². The predicted molar refractivity (Wildman–Crippen MR) is 177 cm³/mol. The number of benzene rings is 3. The molecule has 0 spiro atoms. The predicted octanol–water partition coefficient (Wildman–Crippen LogP) is 2.31. The zero-order valence-electron chi connectivity index (χ0n) is 27.6. The number of dihydropyridines is 1. The Morgan fingerprint density at radius 1 is 0.851 bits per heavy atom. The number of hydrogen-bond acceptors (Lipinski definition) is 7. The van der Waals surface area contributed by atoms with Gasteiger partial charge in [-0.3, -0.25) is 10.1 Å². The van der Waals surface area contributed by atoms with Gasteiger partial charge in [0, 0.05) is 35.9 Å². The molecule has 4 rings (SSSR count). The summed E-state index contributed by atoms with van der Waals surface area (Å²) in [6, 6.07) is 26.9. The number of nitro groups is 1. The second-order valence-corrected chi connectivity index (χ2v) is 12.2. The van der Waals surface area contributed by atoms with Crippen LogP contribution in [0.15, 0.2) is 107 Å². The summed E-state index contributed by atoms with van der Waals surface area (Å²) in [5.74, 6) is -1.70. The number of ether oxygens (including phenoxy) is 2. The highest BCUT2D eigenvalue weighted by molar-refractivity contribution is 6.00. The largest absolute Gasteiger partial charge is 1.00 e. The molecule has 1 aliphatic rings. The van der Waals surface area contributed by atoms with E-state index in [1.165, 1.54) is 28.2 Å². The average Bonchev–Trinajstić information content (AvgIpc) is 3.04. The van der Waals surface area contributed by atoms with Gasteiger partial charge in [-0.15, -0.1) is 0 Å². The molecule has 250 valence electrons. The van der Waals surface area contributed by atoms with Gasteiger partial charge in [-0.1, -0.05) is 86.6 Å². The SMILES string of the molecule is CC1=C(C(=O)OCC[NH+](C)CCC(c2ccccc2)c2ccccc2)C(c2cccc([N+](=O)[O-])c2)C(C(=O)OCC(C)C)=C(C)N1.[Cl-]. The minimum Gasteiger partial charge on any atom is -1.00 e. The molecule has 0 radical (unpaired) electrons. The molecule has 47 heavy (non-hydrogen) atoms. The molecule has 10 heteroatoms. The Morgan fingerprint density at radius 3 is 1.94 bits per heavy atom. The molecule has 1 heterocycles. The fourth-order valence-corrected chi connectivity index (χ4v) is 5.81. The van der Waals surface area contributed by atoms with E-state index in [-0.39, 0.29) is 54.3 Å². The van der Waals surface area contributed by atoms with Crippen LogP contribution in [0.2, 0.25) is 0 Å². The molecule has 9 nitrogen and oxygen atoms in total. The Bertz CT molecular complexity index is 1550. The lowest BCUT2D eigenvalue weighted by atomic mass is 9.80. The van der Waals surface area contributed by atoms with Gasteiger partial charge in [-0.25, -0.2) is 9.59 Å². The van der Waals surface area contributed by atoms with Crippen molar-refractivity contribution in [2.75, 3.05) is 33.4 Å². The summed E-state index contributed by atoms with van der Waals surface area (Å²) in [5, 5.41) is 14.8. The van der Waals surface area contributed by atoms with Crippen LogP contribution in [0.3, 0.4) is 0 Å². The van der Waals surface area contributed by atoms with Crippen molar-refractivity contribution in [2.24, 2.45) is 5.92 Å². The average molecular weight is 662 g/mol. The summed E-state index contributed by atoms with van der Waals surface area (Å²) in [7, 11) is 2.08. The highest BCUT2D eigenvalue weighted by Crippen LogP contribution is 2.40. The van der Waals surface area contributed by atoms with E-state index in [1.54, 1.807) is 26.0 Å². The number of rotatable bonds is 14. The zero-order valence-corrected chi connectivity index (χ0v) is 28.4. The van der Waals surface area contributed by atoms with Crippen LogP contribution in [0.5, 0.6) is 0 Å². The number of hydrogen-bond donors (Lipinski definition) is 2. The molecule has 0 aromatic heterocycles. The lowest BCUT2D eigenvalue weighted by Crippen LogP contribution is -3.09. The summed E-state index contributed by atoms with van der Waals surface area (Å²) >= 11 is 0. The molecule has 0 amide bonds. The van der Waals surface area contributed by atoms with Gasteiger partial charge in [0.2, 0.25) is 0 Å². The van der Waals surface area contributed by atoms with Gasteiger partial charge in [0.15, 0.2) is 0 Å². The van der Waals surface area contributed by atoms with Gasteiger partial charge in [0.1, 0.15) is 13.2 Å². The molecule has 0 bridgehead atoms. The van der Waals surface area contributed by atoms with Crippen molar-refractivity contribution in [1.29, 1.82) is 0 Å². The van der Waals surface area contributed by atoms with Crippen molar-refractivity contribution >= 4 is 17.6 Å². The summed E-state index contributed by atoms with van der Waals surface area (Å²) in [6.07, 6.45) is 0.919. The molecule has 0 saturated carbocycles. The third-order valence-electron chi connectivity index (χ3n) is 8.19. The molecule has 1 aliphatic heterocycles. The normalized spacial score (nSPS) is 15.2. The van der Waals surface area contributed by atoms with E-state index in [9.17, 15) is 19.7 Å². The molecule has 3 aromatic carbocycles. The van der Waals surface area contributed by atoms with Crippen molar-refractivity contribution in [3.05, 3.63) is 134 Å². The van der Waals surface area contributed by atoms with Gasteiger partial charge in [-0.2, -0.15) is 0 Å². The van der Waals surface area contributed by atoms with Crippen molar-refractivity contribution in [1.82, 2.24) is 5.32 Å². The van der Waals surface area contributed by atoms with E-state index in [0.717, 1.165) is 13.0 Å². The van der Waals surface area contributed by atoms with Crippen LogP contribution in [0.25, 0.3) is 0 Å². The molecule has 2 N–H and O–H groups in total. The van der Waals surface area contributed by atoms with E-state index in [2.05, 4.69) is 60.9 Å². The Labute approximate surface area is 283 Å². The van der Waals surface area contributed by atoms with E-state index < -0.39 is 22.8 Å². The quantitative estimate of drug-likeness (QED) is 0.155. The topological polar surface area (TPSA) is 112 Å². The number of allylic oxidation sites excluding steroid dienone is 2. The van der Waals surface area contributed by atoms with Crippen molar-refractivity contribution in [3.8, 4) is 0 Å².